The van der Waals surface area contributed by atoms with E-state index in [4.69, 9.17) is 9.47 Å². The number of rotatable bonds is 6. The number of amides is 2. The molecule has 2 aliphatic rings. The smallest absolute Gasteiger partial charge is 0.221 e. The molecule has 0 atom stereocenters. The number of morpholine rings is 2. The van der Waals surface area contributed by atoms with Gasteiger partial charge in [0.2, 0.25) is 11.8 Å². The van der Waals surface area contributed by atoms with E-state index in [-0.39, 0.29) is 11.8 Å². The Hall–Kier alpha value is -3.50. The van der Waals surface area contributed by atoms with Gasteiger partial charge in [-0.15, -0.1) is 10.2 Å². The van der Waals surface area contributed by atoms with Crippen molar-refractivity contribution in [1.29, 1.82) is 0 Å². The summed E-state index contributed by atoms with van der Waals surface area (Å²) in [5.41, 5.74) is 4.61. The van der Waals surface area contributed by atoms with Crippen LogP contribution in [0.15, 0.2) is 46.6 Å². The Morgan fingerprint density at radius 2 is 1.09 bits per heavy atom. The van der Waals surface area contributed by atoms with Crippen LogP contribution in [0.1, 0.15) is 13.8 Å². The Morgan fingerprint density at radius 1 is 0.706 bits per heavy atom. The van der Waals surface area contributed by atoms with Crippen molar-refractivity contribution >= 4 is 45.9 Å². The first kappa shape index (κ1) is 23.7. The molecule has 0 unspecified atom stereocenters. The molecule has 10 nitrogen and oxygen atoms in total. The normalized spacial score (nSPS) is 16.5. The fourth-order valence-corrected chi connectivity index (χ4v) is 4.00. The van der Waals surface area contributed by atoms with E-state index in [9.17, 15) is 9.59 Å². The molecule has 2 saturated heterocycles. The van der Waals surface area contributed by atoms with Crippen LogP contribution in [0.5, 0.6) is 0 Å². The van der Waals surface area contributed by atoms with E-state index in [1.54, 1.807) is 0 Å². The van der Waals surface area contributed by atoms with E-state index in [1.807, 2.05) is 36.4 Å². The van der Waals surface area contributed by atoms with E-state index in [0.717, 1.165) is 37.6 Å². The molecule has 2 N–H and O–H groups in total. The number of hydrogen-bond donors (Lipinski definition) is 2. The molecule has 180 valence electrons. The first-order valence-electron chi connectivity index (χ1n) is 11.4. The summed E-state index contributed by atoms with van der Waals surface area (Å²) in [6.07, 6.45) is 0. The number of hydrogen-bond acceptors (Lipinski definition) is 8. The third-order valence-electron chi connectivity index (χ3n) is 5.56. The lowest BCUT2D eigenvalue weighted by Crippen LogP contribution is -2.36. The Labute approximate surface area is 198 Å². The Morgan fingerprint density at radius 3 is 1.44 bits per heavy atom. The number of nitrogens with one attached hydrogen (secondary N) is 2. The van der Waals surface area contributed by atoms with E-state index in [1.165, 1.54) is 13.8 Å². The average Bonchev–Trinajstić information content (AvgIpc) is 2.84. The third kappa shape index (κ3) is 6.09. The molecule has 0 aliphatic carbocycles. The molecular formula is C24H30N6O4. The van der Waals surface area contributed by atoms with Gasteiger partial charge < -0.3 is 29.9 Å². The molecule has 2 aromatic carbocycles. The maximum Gasteiger partial charge on any atom is 0.221 e. The minimum Gasteiger partial charge on any atom is -0.378 e. The van der Waals surface area contributed by atoms with Crippen LogP contribution in [0.2, 0.25) is 0 Å². The lowest BCUT2D eigenvalue weighted by molar-refractivity contribution is -0.115. The zero-order valence-corrected chi connectivity index (χ0v) is 19.5. The predicted molar refractivity (Wildman–Crippen MR) is 132 cm³/mol. The highest BCUT2D eigenvalue weighted by Crippen LogP contribution is 2.37. The second kappa shape index (κ2) is 11.1. The largest absolute Gasteiger partial charge is 0.378 e. The number of carbonyl (C=O) groups excluding carboxylic acids is 2. The second-order valence-electron chi connectivity index (χ2n) is 8.17. The highest BCUT2D eigenvalue weighted by molar-refractivity contribution is 5.91. The number of azo groups is 1. The molecular weight excluding hydrogens is 436 g/mol. The summed E-state index contributed by atoms with van der Waals surface area (Å²) in [6, 6.07) is 11.2. The van der Waals surface area contributed by atoms with Crippen LogP contribution in [0, 0.1) is 0 Å². The number of ether oxygens (including phenoxy) is 2. The fourth-order valence-electron chi connectivity index (χ4n) is 4.00. The van der Waals surface area contributed by atoms with Crippen molar-refractivity contribution in [2.75, 3.05) is 73.0 Å². The zero-order chi connectivity index (χ0) is 23.9. The summed E-state index contributed by atoms with van der Waals surface area (Å²) in [4.78, 5) is 27.5. The first-order valence-corrected chi connectivity index (χ1v) is 11.4. The summed E-state index contributed by atoms with van der Waals surface area (Å²) < 4.78 is 11.0. The Balaban J connectivity index is 1.67. The monoisotopic (exact) mass is 466 g/mol. The van der Waals surface area contributed by atoms with Gasteiger partial charge >= 0.3 is 0 Å². The van der Waals surface area contributed by atoms with Crippen LogP contribution in [0.3, 0.4) is 0 Å². The van der Waals surface area contributed by atoms with Crippen molar-refractivity contribution in [2.24, 2.45) is 10.2 Å². The van der Waals surface area contributed by atoms with Gasteiger partial charge in [0.05, 0.1) is 37.8 Å². The molecule has 10 heteroatoms. The van der Waals surface area contributed by atoms with Gasteiger partial charge in [-0.3, -0.25) is 9.59 Å². The van der Waals surface area contributed by atoms with Gasteiger partial charge in [-0.25, -0.2) is 0 Å². The quantitative estimate of drug-likeness (QED) is 0.629. The first-order chi connectivity index (χ1) is 16.5. The van der Waals surface area contributed by atoms with Crippen LogP contribution in [-0.4, -0.2) is 64.4 Å². The van der Waals surface area contributed by atoms with Gasteiger partial charge in [0.15, 0.2) is 0 Å². The standard InChI is InChI=1S/C24H30N6O4/c1-17(31)25-19-3-5-21(23(15-19)29-7-11-33-12-8-29)27-28-22-6-4-20(26-18(2)32)16-24(22)30-9-13-34-14-10-30/h3-6,15-16H,7-14H2,1-2H3,(H,25,31)(H,26,32). The molecule has 2 aliphatic heterocycles. The molecule has 2 heterocycles. The Kier molecular flexibility index (Phi) is 7.71. The summed E-state index contributed by atoms with van der Waals surface area (Å²) in [5.74, 6) is -0.256. The lowest BCUT2D eigenvalue weighted by Gasteiger charge is -2.30. The SMILES string of the molecule is CC(=O)Nc1ccc(N=Nc2ccc(NC(C)=O)cc2N2CCOCC2)c(N2CCOCC2)c1. The number of nitrogens with zero attached hydrogens (tertiary/aromatic N) is 4. The fraction of sp³-hybridized carbons (Fsp3) is 0.417. The van der Waals surface area contributed by atoms with Crippen LogP contribution in [0.4, 0.5) is 34.1 Å². The number of benzene rings is 2. The second-order valence-corrected chi connectivity index (χ2v) is 8.17. The summed E-state index contributed by atoms with van der Waals surface area (Å²) >= 11 is 0. The number of carbonyl (C=O) groups is 2. The van der Waals surface area contributed by atoms with E-state index >= 15 is 0 Å². The minimum absolute atomic E-state index is 0.128. The van der Waals surface area contributed by atoms with Crippen LogP contribution in [0.25, 0.3) is 0 Å². The van der Waals surface area contributed by atoms with Crippen molar-refractivity contribution < 1.29 is 19.1 Å². The maximum atomic E-state index is 11.6. The molecule has 0 aromatic heterocycles. The predicted octanol–water partition coefficient (Wildman–Crippen LogP) is 3.69. The summed E-state index contributed by atoms with van der Waals surface area (Å²) in [6.45, 7) is 8.43. The van der Waals surface area contributed by atoms with Crippen molar-refractivity contribution in [2.45, 2.75) is 13.8 Å². The molecule has 0 saturated carbocycles. The molecule has 0 radical (unpaired) electrons. The summed E-state index contributed by atoms with van der Waals surface area (Å²) in [5, 5.41) is 14.9. The molecule has 34 heavy (non-hydrogen) atoms. The van der Waals surface area contributed by atoms with Gasteiger partial charge in [0, 0.05) is 51.4 Å². The minimum atomic E-state index is -0.128. The molecule has 2 fully saturated rings. The van der Waals surface area contributed by atoms with Gasteiger partial charge in [-0.2, -0.15) is 0 Å². The van der Waals surface area contributed by atoms with Crippen molar-refractivity contribution in [3.05, 3.63) is 36.4 Å². The van der Waals surface area contributed by atoms with Crippen molar-refractivity contribution in [1.82, 2.24) is 0 Å². The van der Waals surface area contributed by atoms with E-state index in [0.29, 0.717) is 49.2 Å². The lowest BCUT2D eigenvalue weighted by atomic mass is 10.2. The van der Waals surface area contributed by atoms with Crippen molar-refractivity contribution in [3.8, 4) is 0 Å². The molecule has 0 bridgehead atoms. The van der Waals surface area contributed by atoms with Gasteiger partial charge in [-0.05, 0) is 36.4 Å². The van der Waals surface area contributed by atoms with Gasteiger partial charge in [-0.1, -0.05) is 0 Å². The highest BCUT2D eigenvalue weighted by Gasteiger charge is 2.18. The van der Waals surface area contributed by atoms with Crippen LogP contribution in [-0.2, 0) is 19.1 Å². The van der Waals surface area contributed by atoms with Crippen molar-refractivity contribution in [3.63, 3.8) is 0 Å². The molecule has 2 aromatic rings. The summed E-state index contributed by atoms with van der Waals surface area (Å²) in [7, 11) is 0. The van der Waals surface area contributed by atoms with E-state index < -0.39 is 0 Å². The zero-order valence-electron chi connectivity index (χ0n) is 19.5. The highest BCUT2D eigenvalue weighted by atomic mass is 16.5. The maximum absolute atomic E-state index is 11.6. The van der Waals surface area contributed by atoms with Gasteiger partial charge in [0.25, 0.3) is 0 Å². The number of anilines is 4. The topological polar surface area (TPSA) is 108 Å². The van der Waals surface area contributed by atoms with Gasteiger partial charge in [0.1, 0.15) is 11.4 Å². The third-order valence-corrected chi connectivity index (χ3v) is 5.56. The van der Waals surface area contributed by atoms with Crippen LogP contribution >= 0.6 is 0 Å². The van der Waals surface area contributed by atoms with Crippen LogP contribution < -0.4 is 20.4 Å². The average molecular weight is 467 g/mol. The molecule has 0 spiro atoms. The Bertz CT molecular complexity index is 978. The molecule has 4 rings (SSSR count). The van der Waals surface area contributed by atoms with E-state index in [2.05, 4.69) is 30.7 Å². The molecule has 2 amide bonds.